The minimum absolute atomic E-state index is 0.0297. The summed E-state index contributed by atoms with van der Waals surface area (Å²) in [6, 6.07) is 12.1. The van der Waals surface area contributed by atoms with Crippen LogP contribution in [0.2, 0.25) is 5.02 Å². The van der Waals surface area contributed by atoms with Crippen molar-refractivity contribution in [2.45, 2.75) is 19.6 Å². The SMILES string of the molecule is CC(Oc1cccc(Cl)c1)C(=O)OCC(=O)Nc1ccccc1OC(F)F. The van der Waals surface area contributed by atoms with E-state index in [2.05, 4.69) is 10.1 Å². The average molecular weight is 400 g/mol. The molecule has 1 amide bonds. The van der Waals surface area contributed by atoms with Gasteiger partial charge in [0.25, 0.3) is 5.91 Å². The molecule has 0 aromatic heterocycles. The summed E-state index contributed by atoms with van der Waals surface area (Å²) >= 11 is 5.83. The van der Waals surface area contributed by atoms with Crippen molar-refractivity contribution in [2.75, 3.05) is 11.9 Å². The Labute approximate surface area is 159 Å². The number of anilines is 1. The van der Waals surface area contributed by atoms with Crippen molar-refractivity contribution in [3.63, 3.8) is 0 Å². The molecule has 27 heavy (non-hydrogen) atoms. The molecule has 0 fully saturated rings. The van der Waals surface area contributed by atoms with E-state index >= 15 is 0 Å². The number of amides is 1. The van der Waals surface area contributed by atoms with E-state index in [-0.39, 0.29) is 11.4 Å². The lowest BCUT2D eigenvalue weighted by Crippen LogP contribution is -2.29. The Morgan fingerprint density at radius 3 is 2.56 bits per heavy atom. The number of halogens is 3. The van der Waals surface area contributed by atoms with E-state index in [1.807, 2.05) is 0 Å². The van der Waals surface area contributed by atoms with Crippen LogP contribution in [0.3, 0.4) is 0 Å². The molecule has 0 radical (unpaired) electrons. The van der Waals surface area contributed by atoms with Crippen LogP contribution in [-0.2, 0) is 14.3 Å². The van der Waals surface area contributed by atoms with Gasteiger partial charge in [0.15, 0.2) is 12.7 Å². The summed E-state index contributed by atoms with van der Waals surface area (Å²) in [5.41, 5.74) is 0.0297. The maximum absolute atomic E-state index is 12.4. The Bertz CT molecular complexity index is 803. The molecule has 1 atom stereocenters. The number of para-hydroxylation sites is 2. The standard InChI is InChI=1S/C18H16ClF2NO5/c1-11(26-13-6-4-5-12(19)9-13)17(24)25-10-16(23)22-14-7-2-3-8-15(14)27-18(20)21/h2-9,11,18H,10H2,1H3,(H,22,23). The number of ether oxygens (including phenoxy) is 3. The molecule has 0 aliphatic carbocycles. The number of esters is 1. The van der Waals surface area contributed by atoms with Crippen molar-refractivity contribution >= 4 is 29.2 Å². The van der Waals surface area contributed by atoms with Crippen molar-refractivity contribution in [1.82, 2.24) is 0 Å². The minimum Gasteiger partial charge on any atom is -0.479 e. The van der Waals surface area contributed by atoms with Crippen LogP contribution < -0.4 is 14.8 Å². The smallest absolute Gasteiger partial charge is 0.387 e. The van der Waals surface area contributed by atoms with Crippen LogP contribution in [0, 0.1) is 0 Å². The molecule has 1 N–H and O–H groups in total. The zero-order chi connectivity index (χ0) is 19.8. The summed E-state index contributed by atoms with van der Waals surface area (Å²) in [5, 5.41) is 2.78. The van der Waals surface area contributed by atoms with Gasteiger partial charge in [0.2, 0.25) is 0 Å². The summed E-state index contributed by atoms with van der Waals surface area (Å²) in [7, 11) is 0. The summed E-state index contributed by atoms with van der Waals surface area (Å²) in [6.45, 7) is -2.21. The van der Waals surface area contributed by atoms with Gasteiger partial charge in [-0.05, 0) is 37.3 Å². The van der Waals surface area contributed by atoms with Gasteiger partial charge in [0, 0.05) is 5.02 Å². The van der Waals surface area contributed by atoms with Crippen molar-refractivity contribution in [1.29, 1.82) is 0 Å². The first kappa shape index (κ1) is 20.4. The second kappa shape index (κ2) is 9.72. The van der Waals surface area contributed by atoms with Gasteiger partial charge >= 0.3 is 12.6 Å². The highest BCUT2D eigenvalue weighted by molar-refractivity contribution is 6.30. The predicted octanol–water partition coefficient (Wildman–Crippen LogP) is 3.89. The fourth-order valence-corrected chi connectivity index (χ4v) is 2.18. The van der Waals surface area contributed by atoms with Crippen molar-refractivity contribution < 1.29 is 32.6 Å². The van der Waals surface area contributed by atoms with Crippen LogP contribution in [0.4, 0.5) is 14.5 Å². The van der Waals surface area contributed by atoms with E-state index in [1.165, 1.54) is 37.3 Å². The lowest BCUT2D eigenvalue weighted by Gasteiger charge is -2.15. The van der Waals surface area contributed by atoms with Gasteiger partial charge in [-0.3, -0.25) is 4.79 Å². The van der Waals surface area contributed by atoms with Crippen LogP contribution in [0.25, 0.3) is 0 Å². The fraction of sp³-hybridized carbons (Fsp3) is 0.222. The molecule has 2 aromatic carbocycles. The van der Waals surface area contributed by atoms with Gasteiger partial charge in [-0.25, -0.2) is 4.79 Å². The van der Waals surface area contributed by atoms with Gasteiger partial charge in [-0.1, -0.05) is 29.8 Å². The summed E-state index contributed by atoms with van der Waals surface area (Å²) in [5.74, 6) is -1.33. The number of carbonyl (C=O) groups is 2. The summed E-state index contributed by atoms with van der Waals surface area (Å²) in [4.78, 5) is 23.8. The molecule has 144 valence electrons. The lowest BCUT2D eigenvalue weighted by atomic mass is 10.3. The van der Waals surface area contributed by atoms with Crippen LogP contribution >= 0.6 is 11.6 Å². The van der Waals surface area contributed by atoms with E-state index in [4.69, 9.17) is 21.1 Å². The van der Waals surface area contributed by atoms with E-state index in [1.54, 1.807) is 18.2 Å². The van der Waals surface area contributed by atoms with E-state index in [0.29, 0.717) is 10.8 Å². The van der Waals surface area contributed by atoms with Crippen molar-refractivity contribution in [3.8, 4) is 11.5 Å². The van der Waals surface area contributed by atoms with Crippen molar-refractivity contribution in [2.24, 2.45) is 0 Å². The molecule has 0 saturated heterocycles. The Kier molecular flexibility index (Phi) is 7.36. The second-order valence-electron chi connectivity index (χ2n) is 5.25. The first-order valence-electron chi connectivity index (χ1n) is 7.77. The molecular formula is C18H16ClF2NO5. The number of hydrogen-bond donors (Lipinski definition) is 1. The normalized spacial score (nSPS) is 11.6. The molecule has 0 bridgehead atoms. The van der Waals surface area contributed by atoms with Gasteiger partial charge in [0.05, 0.1) is 5.69 Å². The molecule has 0 heterocycles. The molecule has 2 rings (SSSR count). The first-order valence-corrected chi connectivity index (χ1v) is 8.15. The second-order valence-corrected chi connectivity index (χ2v) is 5.68. The third-order valence-corrected chi connectivity index (χ3v) is 3.40. The molecule has 0 spiro atoms. The largest absolute Gasteiger partial charge is 0.479 e. The predicted molar refractivity (Wildman–Crippen MR) is 94.2 cm³/mol. The number of rotatable bonds is 8. The molecule has 6 nitrogen and oxygen atoms in total. The Hall–Kier alpha value is -2.87. The third kappa shape index (κ3) is 6.74. The molecule has 1 unspecified atom stereocenters. The molecule has 0 aliphatic heterocycles. The fourth-order valence-electron chi connectivity index (χ4n) is 2.00. The quantitative estimate of drug-likeness (QED) is 0.682. The van der Waals surface area contributed by atoms with Gasteiger partial charge in [-0.2, -0.15) is 8.78 Å². The Morgan fingerprint density at radius 1 is 1.11 bits per heavy atom. The van der Waals surface area contributed by atoms with E-state index in [9.17, 15) is 18.4 Å². The zero-order valence-electron chi connectivity index (χ0n) is 14.2. The van der Waals surface area contributed by atoms with Gasteiger partial charge in [-0.15, -0.1) is 0 Å². The maximum Gasteiger partial charge on any atom is 0.387 e. The van der Waals surface area contributed by atoms with E-state index in [0.717, 1.165) is 0 Å². The number of hydrogen-bond acceptors (Lipinski definition) is 5. The number of benzene rings is 2. The summed E-state index contributed by atoms with van der Waals surface area (Å²) < 4.78 is 39.3. The third-order valence-electron chi connectivity index (χ3n) is 3.16. The van der Waals surface area contributed by atoms with Crippen LogP contribution in [0.15, 0.2) is 48.5 Å². The molecular weight excluding hydrogens is 384 g/mol. The maximum atomic E-state index is 12.4. The highest BCUT2D eigenvalue weighted by Crippen LogP contribution is 2.25. The Balaban J connectivity index is 1.85. The highest BCUT2D eigenvalue weighted by Gasteiger charge is 2.19. The minimum atomic E-state index is -3.04. The molecule has 0 aliphatic rings. The highest BCUT2D eigenvalue weighted by atomic mass is 35.5. The van der Waals surface area contributed by atoms with Gasteiger partial charge < -0.3 is 19.5 Å². The molecule has 9 heteroatoms. The Morgan fingerprint density at radius 2 is 1.85 bits per heavy atom. The van der Waals surface area contributed by atoms with E-state index < -0.39 is 31.2 Å². The monoisotopic (exact) mass is 399 g/mol. The van der Waals surface area contributed by atoms with Crippen LogP contribution in [-0.4, -0.2) is 31.2 Å². The van der Waals surface area contributed by atoms with Crippen LogP contribution in [0.1, 0.15) is 6.92 Å². The lowest BCUT2D eigenvalue weighted by molar-refractivity contribution is -0.153. The zero-order valence-corrected chi connectivity index (χ0v) is 14.9. The van der Waals surface area contributed by atoms with Crippen molar-refractivity contribution in [3.05, 3.63) is 53.6 Å². The number of carbonyl (C=O) groups excluding carboxylic acids is 2. The number of alkyl halides is 2. The first-order chi connectivity index (χ1) is 12.8. The molecule has 2 aromatic rings. The van der Waals surface area contributed by atoms with Crippen LogP contribution in [0.5, 0.6) is 11.5 Å². The number of nitrogens with one attached hydrogen (secondary N) is 1. The average Bonchev–Trinajstić information content (AvgIpc) is 2.61. The van der Waals surface area contributed by atoms with Gasteiger partial charge in [0.1, 0.15) is 11.5 Å². The molecule has 0 saturated carbocycles. The topological polar surface area (TPSA) is 73.9 Å². The summed E-state index contributed by atoms with van der Waals surface area (Å²) in [6.07, 6.45) is -0.981.